The predicted molar refractivity (Wildman–Crippen MR) is 173 cm³/mol. The SMILES string of the molecule is COc1ccccc1Oc1c(OCCC2CCCCO2)nc(-c2ccnc(C#N)c2)nc1N(C(C)(C)C)S(=O)(=O)c1ccccc1. The average molecular weight is 644 g/mol. The summed E-state index contributed by atoms with van der Waals surface area (Å²) in [6, 6.07) is 20.3. The van der Waals surface area contributed by atoms with E-state index in [1.165, 1.54) is 35.8 Å². The molecule has 12 heteroatoms. The Morgan fingerprint density at radius 2 is 1.76 bits per heavy atom. The second-order valence-electron chi connectivity index (χ2n) is 11.7. The molecule has 0 saturated carbocycles. The van der Waals surface area contributed by atoms with Crippen molar-refractivity contribution in [3.8, 4) is 40.6 Å². The Morgan fingerprint density at radius 1 is 1.02 bits per heavy atom. The van der Waals surface area contributed by atoms with Gasteiger partial charge in [0.1, 0.15) is 11.8 Å². The molecule has 0 N–H and O–H groups in total. The number of methoxy groups -OCH3 is 1. The largest absolute Gasteiger partial charge is 0.493 e. The minimum absolute atomic E-state index is 0.0122. The van der Waals surface area contributed by atoms with E-state index >= 15 is 0 Å². The fraction of sp³-hybridized carbons (Fsp3) is 0.353. The quantitative estimate of drug-likeness (QED) is 0.177. The standard InChI is InChI=1S/C34H37N5O6S/c1-34(2,3)39(46(40,41)27-13-6-5-7-14-27)32-30(45-29-16-9-8-15-28(29)42-4)33(44-21-18-26-12-10-11-20-43-26)38-31(37-32)24-17-19-36-25(22-24)23-35/h5-9,13-17,19,22,26H,10-12,18,20-21H2,1-4H3. The van der Waals surface area contributed by atoms with E-state index in [0.717, 1.165) is 19.3 Å². The molecule has 1 aliphatic heterocycles. The van der Waals surface area contributed by atoms with E-state index in [1.54, 1.807) is 69.3 Å². The Labute approximate surface area is 269 Å². The number of para-hydroxylation sites is 2. The number of pyridine rings is 1. The maximum atomic E-state index is 14.5. The van der Waals surface area contributed by atoms with Crippen LogP contribution in [-0.2, 0) is 14.8 Å². The molecule has 1 fully saturated rings. The van der Waals surface area contributed by atoms with Crippen LogP contribution in [0.5, 0.6) is 23.1 Å². The predicted octanol–water partition coefficient (Wildman–Crippen LogP) is 6.54. The van der Waals surface area contributed by atoms with Crippen LogP contribution in [0.2, 0.25) is 0 Å². The van der Waals surface area contributed by atoms with Crippen molar-refractivity contribution in [2.75, 3.05) is 24.6 Å². The van der Waals surface area contributed by atoms with Crippen molar-refractivity contribution in [2.45, 2.75) is 63.0 Å². The molecule has 1 atom stereocenters. The number of nitriles is 1. The number of hydrogen-bond acceptors (Lipinski definition) is 10. The van der Waals surface area contributed by atoms with Crippen molar-refractivity contribution in [1.29, 1.82) is 5.26 Å². The first-order valence-electron chi connectivity index (χ1n) is 15.1. The first-order valence-corrected chi connectivity index (χ1v) is 16.5. The zero-order chi connectivity index (χ0) is 32.7. The minimum Gasteiger partial charge on any atom is -0.493 e. The summed E-state index contributed by atoms with van der Waals surface area (Å²) in [6.45, 7) is 6.23. The molecule has 0 spiro atoms. The van der Waals surface area contributed by atoms with Crippen molar-refractivity contribution >= 4 is 15.8 Å². The van der Waals surface area contributed by atoms with Gasteiger partial charge in [-0.25, -0.2) is 22.7 Å². The van der Waals surface area contributed by atoms with Gasteiger partial charge in [0.2, 0.25) is 5.75 Å². The first-order chi connectivity index (χ1) is 22.1. The highest BCUT2D eigenvalue weighted by Crippen LogP contribution is 2.46. The van der Waals surface area contributed by atoms with Gasteiger partial charge in [-0.05, 0) is 76.4 Å². The maximum absolute atomic E-state index is 14.5. The fourth-order valence-electron chi connectivity index (χ4n) is 5.13. The molecule has 1 unspecified atom stereocenters. The van der Waals surface area contributed by atoms with Gasteiger partial charge < -0.3 is 18.9 Å². The summed E-state index contributed by atoms with van der Waals surface area (Å²) < 4.78 is 54.4. The van der Waals surface area contributed by atoms with Gasteiger partial charge in [0.25, 0.3) is 15.9 Å². The van der Waals surface area contributed by atoms with Crippen LogP contribution in [0.15, 0.2) is 77.8 Å². The molecule has 5 rings (SSSR count). The molecule has 0 amide bonds. The van der Waals surface area contributed by atoms with Crippen molar-refractivity contribution in [2.24, 2.45) is 0 Å². The van der Waals surface area contributed by atoms with Crippen LogP contribution in [-0.4, -0.2) is 55.3 Å². The number of rotatable bonds is 11. The Bertz CT molecular complexity index is 1800. The van der Waals surface area contributed by atoms with Crippen molar-refractivity contribution in [3.63, 3.8) is 0 Å². The van der Waals surface area contributed by atoms with Crippen LogP contribution in [0, 0.1) is 11.3 Å². The van der Waals surface area contributed by atoms with Gasteiger partial charge in [-0.2, -0.15) is 10.2 Å². The normalized spacial score (nSPS) is 15.1. The lowest BCUT2D eigenvalue weighted by Gasteiger charge is -2.36. The number of nitrogens with zero attached hydrogens (tertiary/aromatic N) is 5. The molecule has 46 heavy (non-hydrogen) atoms. The van der Waals surface area contributed by atoms with Gasteiger partial charge in [0, 0.05) is 30.3 Å². The fourth-order valence-corrected chi connectivity index (χ4v) is 6.91. The summed E-state index contributed by atoms with van der Waals surface area (Å²) in [7, 11) is -2.70. The second-order valence-corrected chi connectivity index (χ2v) is 13.5. The lowest BCUT2D eigenvalue weighted by molar-refractivity contribution is 0.00364. The Balaban J connectivity index is 1.74. The summed E-state index contributed by atoms with van der Waals surface area (Å²) >= 11 is 0. The third-order valence-corrected chi connectivity index (χ3v) is 9.34. The van der Waals surface area contributed by atoms with Crippen LogP contribution in [0.3, 0.4) is 0 Å². The molecule has 2 aromatic heterocycles. The molecule has 2 aromatic carbocycles. The Morgan fingerprint density at radius 3 is 2.43 bits per heavy atom. The number of ether oxygens (including phenoxy) is 4. The van der Waals surface area contributed by atoms with E-state index in [9.17, 15) is 13.7 Å². The topological polar surface area (TPSA) is 137 Å². The Hall–Kier alpha value is -4.73. The lowest BCUT2D eigenvalue weighted by atomic mass is 10.1. The number of benzene rings is 2. The van der Waals surface area contributed by atoms with Crippen LogP contribution in [0.25, 0.3) is 11.4 Å². The molecule has 4 aromatic rings. The Kier molecular flexibility index (Phi) is 10.0. The monoisotopic (exact) mass is 643 g/mol. The molecule has 1 aliphatic rings. The van der Waals surface area contributed by atoms with Gasteiger partial charge in [-0.3, -0.25) is 0 Å². The number of hydrogen-bond donors (Lipinski definition) is 0. The first kappa shape index (κ1) is 32.7. The average Bonchev–Trinajstić information content (AvgIpc) is 3.06. The van der Waals surface area contributed by atoms with Gasteiger partial charge in [0.05, 0.1) is 24.7 Å². The van der Waals surface area contributed by atoms with E-state index in [4.69, 9.17) is 28.9 Å². The summed E-state index contributed by atoms with van der Waals surface area (Å²) in [5, 5.41) is 9.53. The van der Waals surface area contributed by atoms with E-state index < -0.39 is 15.6 Å². The summed E-state index contributed by atoms with van der Waals surface area (Å²) in [5.74, 6) is 0.815. The molecule has 0 bridgehead atoms. The highest BCUT2D eigenvalue weighted by Gasteiger charge is 2.39. The highest BCUT2D eigenvalue weighted by atomic mass is 32.2. The van der Waals surface area contributed by atoms with E-state index in [0.29, 0.717) is 30.1 Å². The third-order valence-electron chi connectivity index (χ3n) is 7.27. The van der Waals surface area contributed by atoms with Crippen molar-refractivity contribution in [3.05, 3.63) is 78.6 Å². The second kappa shape index (κ2) is 14.1. The van der Waals surface area contributed by atoms with Gasteiger partial charge in [-0.15, -0.1) is 0 Å². The van der Waals surface area contributed by atoms with Gasteiger partial charge in [-0.1, -0.05) is 30.3 Å². The van der Waals surface area contributed by atoms with Crippen LogP contribution in [0.1, 0.15) is 52.1 Å². The summed E-state index contributed by atoms with van der Waals surface area (Å²) in [5.41, 5.74) is -0.441. The number of aromatic nitrogens is 3. The minimum atomic E-state index is -4.22. The zero-order valence-electron chi connectivity index (χ0n) is 26.3. The molecular formula is C34H37N5O6S. The molecule has 11 nitrogen and oxygen atoms in total. The van der Waals surface area contributed by atoms with E-state index in [1.807, 2.05) is 6.07 Å². The smallest absolute Gasteiger partial charge is 0.266 e. The zero-order valence-corrected chi connectivity index (χ0v) is 27.2. The number of sulfonamides is 1. The maximum Gasteiger partial charge on any atom is 0.266 e. The van der Waals surface area contributed by atoms with E-state index in [2.05, 4.69) is 4.98 Å². The molecule has 240 valence electrons. The van der Waals surface area contributed by atoms with E-state index in [-0.39, 0.29) is 46.6 Å². The third kappa shape index (κ3) is 7.38. The molecule has 1 saturated heterocycles. The highest BCUT2D eigenvalue weighted by molar-refractivity contribution is 7.92. The van der Waals surface area contributed by atoms with Gasteiger partial charge >= 0.3 is 0 Å². The molecule has 3 heterocycles. The van der Waals surface area contributed by atoms with Crippen LogP contribution >= 0.6 is 0 Å². The van der Waals surface area contributed by atoms with Crippen LogP contribution in [0.4, 0.5) is 5.82 Å². The van der Waals surface area contributed by atoms with Gasteiger partial charge in [0.15, 0.2) is 23.1 Å². The van der Waals surface area contributed by atoms with Crippen LogP contribution < -0.4 is 18.5 Å². The lowest BCUT2D eigenvalue weighted by Crippen LogP contribution is -2.46. The van der Waals surface area contributed by atoms with Crippen molar-refractivity contribution in [1.82, 2.24) is 15.0 Å². The number of anilines is 1. The van der Waals surface area contributed by atoms with Crippen molar-refractivity contribution < 1.29 is 27.4 Å². The molecular weight excluding hydrogens is 606 g/mol. The molecule has 0 radical (unpaired) electrons. The molecule has 0 aliphatic carbocycles. The summed E-state index contributed by atoms with van der Waals surface area (Å²) in [4.78, 5) is 13.7. The summed E-state index contributed by atoms with van der Waals surface area (Å²) in [6.07, 6.45) is 5.14.